The Morgan fingerprint density at radius 3 is 2.95 bits per heavy atom. The summed E-state index contributed by atoms with van der Waals surface area (Å²) in [6, 6.07) is 7.60. The predicted molar refractivity (Wildman–Crippen MR) is 82.2 cm³/mol. The largest absolute Gasteiger partial charge is 0.497 e. The van der Waals surface area contributed by atoms with Crippen molar-refractivity contribution < 1.29 is 14.3 Å². The van der Waals surface area contributed by atoms with Gasteiger partial charge >= 0.3 is 0 Å². The van der Waals surface area contributed by atoms with Gasteiger partial charge in [0.2, 0.25) is 5.16 Å². The monoisotopic (exact) mass is 325 g/mol. The second-order valence-corrected chi connectivity index (χ2v) is 5.88. The van der Waals surface area contributed by atoms with Gasteiger partial charge in [0.25, 0.3) is 10.4 Å². The Morgan fingerprint density at radius 2 is 2.24 bits per heavy atom. The summed E-state index contributed by atoms with van der Waals surface area (Å²) in [6.45, 7) is 0.373. The number of aromatic nitrogens is 2. The molecule has 0 atom stereocenters. The zero-order chi connectivity index (χ0) is 15.2. The molecule has 8 heteroatoms. The highest BCUT2D eigenvalue weighted by Crippen LogP contribution is 2.24. The molecule has 1 aromatic heterocycles. The summed E-state index contributed by atoms with van der Waals surface area (Å²) in [5.74, 6) is 0.779. The molecule has 0 fully saturated rings. The molecule has 0 saturated heterocycles. The number of carbonyl (C=O) groups excluding carboxylic acids is 1. The normalized spacial score (nSPS) is 10.2. The van der Waals surface area contributed by atoms with Crippen molar-refractivity contribution in [3.8, 4) is 10.9 Å². The molecule has 0 unspecified atom stereocenters. The summed E-state index contributed by atoms with van der Waals surface area (Å²) in [7, 11) is 4.99. The zero-order valence-electron chi connectivity index (χ0n) is 11.9. The first kappa shape index (κ1) is 15.6. The highest BCUT2D eigenvalue weighted by Gasteiger charge is 2.12. The van der Waals surface area contributed by atoms with Crippen molar-refractivity contribution >= 4 is 28.5 Å². The van der Waals surface area contributed by atoms with Crippen LogP contribution in [0.5, 0.6) is 10.9 Å². The van der Waals surface area contributed by atoms with Crippen molar-refractivity contribution in [2.75, 3.05) is 21.2 Å². The quantitative estimate of drug-likeness (QED) is 0.788. The molecule has 0 aliphatic heterocycles. The van der Waals surface area contributed by atoms with Crippen LogP contribution in [0.1, 0.15) is 5.56 Å². The molecule has 6 nitrogen and oxygen atoms in total. The van der Waals surface area contributed by atoms with Gasteiger partial charge < -0.3 is 14.4 Å². The van der Waals surface area contributed by atoms with Crippen LogP contribution in [0.3, 0.4) is 0 Å². The van der Waals surface area contributed by atoms with E-state index in [0.29, 0.717) is 17.0 Å². The van der Waals surface area contributed by atoms with Gasteiger partial charge in [-0.15, -0.1) is 0 Å². The number of carbonyl (C=O) groups is 1. The van der Waals surface area contributed by atoms with Crippen molar-refractivity contribution in [3.63, 3.8) is 0 Å². The molecule has 0 aliphatic carbocycles. The van der Waals surface area contributed by atoms with Gasteiger partial charge in [0, 0.05) is 37.4 Å². The minimum absolute atomic E-state index is 0.118. The maximum Gasteiger partial charge on any atom is 0.294 e. The molecule has 0 bridgehead atoms. The fraction of sp³-hybridized carbons (Fsp3) is 0.308. The van der Waals surface area contributed by atoms with Gasteiger partial charge in [-0.2, -0.15) is 9.36 Å². The Kier molecular flexibility index (Phi) is 5.40. The van der Waals surface area contributed by atoms with Crippen molar-refractivity contribution in [2.24, 2.45) is 0 Å². The topological polar surface area (TPSA) is 64.6 Å². The molecular formula is C13H15N3O3S2. The highest BCUT2D eigenvalue weighted by atomic mass is 32.2. The lowest BCUT2D eigenvalue weighted by Gasteiger charge is -2.06. The lowest BCUT2D eigenvalue weighted by Crippen LogP contribution is -2.16. The molecule has 0 spiro atoms. The summed E-state index contributed by atoms with van der Waals surface area (Å²) in [5.41, 5.74) is 0.975. The van der Waals surface area contributed by atoms with Crippen LogP contribution in [0.2, 0.25) is 0 Å². The smallest absolute Gasteiger partial charge is 0.294 e. The molecule has 1 heterocycles. The number of amides is 1. The van der Waals surface area contributed by atoms with E-state index in [2.05, 4.69) is 9.36 Å². The molecule has 112 valence electrons. The molecule has 0 radical (unpaired) electrons. The molecule has 0 saturated carbocycles. The first-order chi connectivity index (χ1) is 10.1. The number of rotatable bonds is 5. The lowest BCUT2D eigenvalue weighted by atomic mass is 10.2. The van der Waals surface area contributed by atoms with Crippen LogP contribution in [0.4, 0.5) is 4.79 Å². The summed E-state index contributed by atoms with van der Waals surface area (Å²) < 4.78 is 14.8. The Bertz CT molecular complexity index is 616. The molecule has 2 rings (SSSR count). The number of thioether (sulfide) groups is 1. The minimum Gasteiger partial charge on any atom is -0.497 e. The van der Waals surface area contributed by atoms with E-state index in [-0.39, 0.29) is 5.24 Å². The Labute approximate surface area is 131 Å². The van der Waals surface area contributed by atoms with Crippen LogP contribution < -0.4 is 9.47 Å². The lowest BCUT2D eigenvalue weighted by molar-refractivity contribution is 0.241. The Hall–Kier alpha value is -1.80. The maximum atomic E-state index is 11.5. The van der Waals surface area contributed by atoms with Gasteiger partial charge in [0.15, 0.2) is 0 Å². The SMILES string of the molecule is COc1cccc(COc2nc(SC(=O)N(C)C)ns2)c1. The fourth-order valence-corrected chi connectivity index (χ4v) is 2.60. The number of methoxy groups -OCH3 is 1. The summed E-state index contributed by atoms with van der Waals surface area (Å²) in [5, 5.41) is 0.721. The van der Waals surface area contributed by atoms with Crippen LogP contribution in [-0.2, 0) is 6.61 Å². The minimum atomic E-state index is -0.118. The van der Waals surface area contributed by atoms with E-state index in [4.69, 9.17) is 9.47 Å². The van der Waals surface area contributed by atoms with E-state index in [0.717, 1.165) is 34.6 Å². The number of ether oxygens (including phenoxy) is 2. The first-order valence-corrected chi connectivity index (χ1v) is 7.66. The third kappa shape index (κ3) is 4.61. The second-order valence-electron chi connectivity index (χ2n) is 4.25. The third-order valence-electron chi connectivity index (χ3n) is 2.43. The highest BCUT2D eigenvalue weighted by molar-refractivity contribution is 8.13. The van der Waals surface area contributed by atoms with Gasteiger partial charge in [0.1, 0.15) is 12.4 Å². The van der Waals surface area contributed by atoms with Crippen LogP contribution in [0, 0.1) is 0 Å². The average Bonchev–Trinajstić information content (AvgIpc) is 2.92. The number of benzene rings is 1. The van der Waals surface area contributed by atoms with Gasteiger partial charge in [-0.3, -0.25) is 4.79 Å². The summed E-state index contributed by atoms with van der Waals surface area (Å²) >= 11 is 2.10. The van der Waals surface area contributed by atoms with Crippen molar-refractivity contribution in [1.29, 1.82) is 0 Å². The Morgan fingerprint density at radius 1 is 1.43 bits per heavy atom. The summed E-state index contributed by atoms with van der Waals surface area (Å²) in [6.07, 6.45) is 0. The van der Waals surface area contributed by atoms with Gasteiger partial charge in [-0.05, 0) is 17.7 Å². The van der Waals surface area contributed by atoms with E-state index in [1.165, 1.54) is 4.90 Å². The van der Waals surface area contributed by atoms with Crippen molar-refractivity contribution in [2.45, 2.75) is 11.8 Å². The third-order valence-corrected chi connectivity index (χ3v) is 4.08. The number of hydrogen-bond donors (Lipinski definition) is 0. The molecule has 1 amide bonds. The van der Waals surface area contributed by atoms with Crippen LogP contribution in [0.25, 0.3) is 0 Å². The first-order valence-electron chi connectivity index (χ1n) is 6.07. The molecular weight excluding hydrogens is 310 g/mol. The van der Waals surface area contributed by atoms with Gasteiger partial charge in [-0.1, -0.05) is 12.1 Å². The molecule has 0 N–H and O–H groups in total. The standard InChI is InChI=1S/C13H15N3O3S2/c1-16(2)13(17)20-11-14-12(21-15-11)19-8-9-5-4-6-10(7-9)18-3/h4-7H,8H2,1-3H3. The van der Waals surface area contributed by atoms with E-state index >= 15 is 0 Å². The van der Waals surface area contributed by atoms with E-state index in [1.54, 1.807) is 21.2 Å². The zero-order valence-corrected chi connectivity index (χ0v) is 13.5. The van der Waals surface area contributed by atoms with Crippen LogP contribution in [0.15, 0.2) is 29.4 Å². The van der Waals surface area contributed by atoms with Crippen LogP contribution in [-0.4, -0.2) is 40.7 Å². The molecule has 2 aromatic rings. The van der Waals surface area contributed by atoms with E-state index in [9.17, 15) is 4.79 Å². The number of hydrogen-bond acceptors (Lipinski definition) is 7. The average molecular weight is 325 g/mol. The van der Waals surface area contributed by atoms with E-state index < -0.39 is 0 Å². The molecule has 21 heavy (non-hydrogen) atoms. The van der Waals surface area contributed by atoms with Crippen molar-refractivity contribution in [3.05, 3.63) is 29.8 Å². The molecule has 1 aromatic carbocycles. The molecule has 0 aliphatic rings. The van der Waals surface area contributed by atoms with Gasteiger partial charge in [0.05, 0.1) is 7.11 Å². The van der Waals surface area contributed by atoms with Crippen LogP contribution >= 0.6 is 23.3 Å². The Balaban J connectivity index is 1.92. The van der Waals surface area contributed by atoms with E-state index in [1.807, 2.05) is 24.3 Å². The fourth-order valence-electron chi connectivity index (χ4n) is 1.37. The van der Waals surface area contributed by atoms with Crippen molar-refractivity contribution in [1.82, 2.24) is 14.3 Å². The van der Waals surface area contributed by atoms with Gasteiger partial charge in [-0.25, -0.2) is 0 Å². The predicted octanol–water partition coefficient (Wildman–Crippen LogP) is 2.90. The number of nitrogens with zero attached hydrogens (tertiary/aromatic N) is 3. The second kappa shape index (κ2) is 7.28. The maximum absolute atomic E-state index is 11.5. The summed E-state index contributed by atoms with van der Waals surface area (Å²) in [4.78, 5) is 17.2.